The monoisotopic (exact) mass is 432 g/mol. The molecule has 1 unspecified atom stereocenters. The zero-order valence-corrected chi connectivity index (χ0v) is 17.5. The summed E-state index contributed by atoms with van der Waals surface area (Å²) in [5.74, 6) is -1.31. The Hall–Kier alpha value is -4.00. The molecule has 0 aliphatic heterocycles. The number of carbonyl (C=O) groups is 2. The number of benzene rings is 3. The van der Waals surface area contributed by atoms with Gasteiger partial charge in [0.15, 0.2) is 0 Å². The number of hydrogen-bond donors (Lipinski definition) is 1. The number of aliphatic carboxylic acids is 1. The molecule has 0 aliphatic rings. The van der Waals surface area contributed by atoms with E-state index in [1.807, 2.05) is 60.7 Å². The normalized spacial score (nSPS) is 11.5. The number of nitrogens with zero attached hydrogens (tertiary/aromatic N) is 2. The minimum atomic E-state index is -0.938. The largest absolute Gasteiger partial charge is 0.481 e. The molecule has 1 atom stereocenters. The van der Waals surface area contributed by atoms with Crippen LogP contribution in [-0.4, -0.2) is 33.4 Å². The first-order valence-corrected chi connectivity index (χ1v) is 10.3. The Morgan fingerprint density at radius 2 is 1.59 bits per heavy atom. The molecule has 32 heavy (non-hydrogen) atoms. The predicted octanol–water partition coefficient (Wildman–Crippen LogP) is 4.89. The molecule has 0 aromatic heterocycles. The number of nitro benzene ring substituents is 1. The molecule has 0 radical (unpaired) electrons. The maximum Gasteiger partial charge on any atom is 0.303 e. The Morgan fingerprint density at radius 1 is 0.938 bits per heavy atom. The number of hydrogen-bond acceptors (Lipinski definition) is 4. The molecular formula is C25H24N2O5. The van der Waals surface area contributed by atoms with Crippen LogP contribution in [0, 0.1) is 10.1 Å². The SMILES string of the molecule is O=C(O)CCCN(C(=O)c1cccc([N+](=O)[O-])c1)C(Cc1ccccc1)c1ccccc1. The van der Waals surface area contributed by atoms with E-state index in [0.29, 0.717) is 6.42 Å². The van der Waals surface area contributed by atoms with Crippen LogP contribution in [-0.2, 0) is 11.2 Å². The average Bonchev–Trinajstić information content (AvgIpc) is 2.81. The highest BCUT2D eigenvalue weighted by Gasteiger charge is 2.27. The Morgan fingerprint density at radius 3 is 2.22 bits per heavy atom. The van der Waals surface area contributed by atoms with Crippen LogP contribution in [0.15, 0.2) is 84.9 Å². The summed E-state index contributed by atoms with van der Waals surface area (Å²) in [7, 11) is 0. The number of rotatable bonds is 10. The van der Waals surface area contributed by atoms with Crippen molar-refractivity contribution in [2.75, 3.05) is 6.54 Å². The lowest BCUT2D eigenvalue weighted by Gasteiger charge is -2.33. The lowest BCUT2D eigenvalue weighted by atomic mass is 9.96. The van der Waals surface area contributed by atoms with E-state index in [-0.39, 0.29) is 42.6 Å². The first-order chi connectivity index (χ1) is 15.5. The van der Waals surface area contributed by atoms with E-state index in [2.05, 4.69) is 0 Å². The second-order valence-electron chi connectivity index (χ2n) is 7.42. The van der Waals surface area contributed by atoms with E-state index in [0.717, 1.165) is 11.1 Å². The summed E-state index contributed by atoms with van der Waals surface area (Å²) in [5.41, 5.74) is 1.96. The molecule has 0 heterocycles. The van der Waals surface area contributed by atoms with E-state index in [1.165, 1.54) is 18.2 Å². The summed E-state index contributed by atoms with van der Waals surface area (Å²) in [6.45, 7) is 0.209. The molecule has 7 nitrogen and oxygen atoms in total. The minimum Gasteiger partial charge on any atom is -0.481 e. The lowest BCUT2D eigenvalue weighted by molar-refractivity contribution is -0.384. The summed E-state index contributed by atoms with van der Waals surface area (Å²) in [4.78, 5) is 36.9. The van der Waals surface area contributed by atoms with Crippen molar-refractivity contribution in [1.29, 1.82) is 0 Å². The number of non-ortho nitro benzene ring substituents is 1. The van der Waals surface area contributed by atoms with Gasteiger partial charge < -0.3 is 10.0 Å². The molecule has 7 heteroatoms. The summed E-state index contributed by atoms with van der Waals surface area (Å²) >= 11 is 0. The van der Waals surface area contributed by atoms with Crippen molar-refractivity contribution in [3.05, 3.63) is 112 Å². The molecule has 3 aromatic carbocycles. The van der Waals surface area contributed by atoms with E-state index < -0.39 is 10.9 Å². The van der Waals surface area contributed by atoms with Gasteiger partial charge in [-0.15, -0.1) is 0 Å². The van der Waals surface area contributed by atoms with Crippen LogP contribution in [0.1, 0.15) is 40.4 Å². The van der Waals surface area contributed by atoms with Gasteiger partial charge in [-0.05, 0) is 30.0 Å². The van der Waals surface area contributed by atoms with Gasteiger partial charge in [-0.2, -0.15) is 0 Å². The Kier molecular flexibility index (Phi) is 7.70. The third-order valence-electron chi connectivity index (χ3n) is 5.19. The van der Waals surface area contributed by atoms with Crippen LogP contribution in [0.4, 0.5) is 5.69 Å². The molecule has 0 spiro atoms. The zero-order chi connectivity index (χ0) is 22.9. The molecule has 3 rings (SSSR count). The van der Waals surface area contributed by atoms with Crippen molar-refractivity contribution in [3.63, 3.8) is 0 Å². The fourth-order valence-electron chi connectivity index (χ4n) is 3.64. The van der Waals surface area contributed by atoms with Crippen LogP contribution < -0.4 is 0 Å². The highest BCUT2D eigenvalue weighted by molar-refractivity contribution is 5.95. The highest BCUT2D eigenvalue weighted by Crippen LogP contribution is 2.28. The molecule has 3 aromatic rings. The van der Waals surface area contributed by atoms with Crippen LogP contribution >= 0.6 is 0 Å². The topological polar surface area (TPSA) is 101 Å². The van der Waals surface area contributed by atoms with Crippen LogP contribution in [0.2, 0.25) is 0 Å². The van der Waals surface area contributed by atoms with Crippen molar-refractivity contribution in [3.8, 4) is 0 Å². The third kappa shape index (κ3) is 6.01. The summed E-state index contributed by atoms with van der Waals surface area (Å²) in [6.07, 6.45) is 0.721. The Labute approximate surface area is 186 Å². The highest BCUT2D eigenvalue weighted by atomic mass is 16.6. The number of carbonyl (C=O) groups excluding carboxylic acids is 1. The lowest BCUT2D eigenvalue weighted by Crippen LogP contribution is -2.37. The van der Waals surface area contributed by atoms with Crippen LogP contribution in [0.25, 0.3) is 0 Å². The summed E-state index contributed by atoms with van der Waals surface area (Å²) in [6, 6.07) is 24.5. The van der Waals surface area contributed by atoms with Gasteiger partial charge in [0.2, 0.25) is 0 Å². The first-order valence-electron chi connectivity index (χ1n) is 10.3. The molecule has 0 saturated heterocycles. The standard InChI is InChI=1S/C25H24N2O5/c28-24(29)15-8-16-26(25(30)21-13-7-14-22(18-21)27(31)32)23(20-11-5-2-6-12-20)17-19-9-3-1-4-10-19/h1-7,9-14,18,23H,8,15-17H2,(H,28,29). The van der Waals surface area contributed by atoms with Crippen LogP contribution in [0.3, 0.4) is 0 Å². The van der Waals surface area contributed by atoms with Gasteiger partial charge in [-0.25, -0.2) is 0 Å². The zero-order valence-electron chi connectivity index (χ0n) is 17.5. The summed E-state index contributed by atoms with van der Waals surface area (Å²) < 4.78 is 0. The van der Waals surface area contributed by atoms with Crippen molar-refractivity contribution in [2.24, 2.45) is 0 Å². The molecule has 0 aliphatic carbocycles. The smallest absolute Gasteiger partial charge is 0.303 e. The van der Waals surface area contributed by atoms with Crippen LogP contribution in [0.5, 0.6) is 0 Å². The van der Waals surface area contributed by atoms with E-state index in [1.54, 1.807) is 11.0 Å². The minimum absolute atomic E-state index is 0.0778. The fourth-order valence-corrected chi connectivity index (χ4v) is 3.64. The maximum absolute atomic E-state index is 13.6. The van der Waals surface area contributed by atoms with E-state index in [4.69, 9.17) is 5.11 Å². The Bertz CT molecular complexity index is 1070. The maximum atomic E-state index is 13.6. The van der Waals surface area contributed by atoms with Gasteiger partial charge in [-0.1, -0.05) is 66.7 Å². The molecule has 1 N–H and O–H groups in total. The van der Waals surface area contributed by atoms with Gasteiger partial charge in [0.05, 0.1) is 11.0 Å². The number of carboxylic acid groups (broad SMARTS) is 1. The summed E-state index contributed by atoms with van der Waals surface area (Å²) in [5, 5.41) is 20.3. The Balaban J connectivity index is 2.01. The number of nitro groups is 1. The first kappa shape index (κ1) is 22.7. The number of carboxylic acids is 1. The second kappa shape index (κ2) is 10.9. The molecule has 0 saturated carbocycles. The van der Waals surface area contributed by atoms with Gasteiger partial charge in [0, 0.05) is 30.7 Å². The predicted molar refractivity (Wildman–Crippen MR) is 120 cm³/mol. The van der Waals surface area contributed by atoms with Crippen molar-refractivity contribution >= 4 is 17.6 Å². The average molecular weight is 432 g/mol. The van der Waals surface area contributed by atoms with E-state index in [9.17, 15) is 19.7 Å². The fraction of sp³-hybridized carbons (Fsp3) is 0.200. The van der Waals surface area contributed by atoms with Gasteiger partial charge >= 0.3 is 5.97 Å². The van der Waals surface area contributed by atoms with Crippen molar-refractivity contribution in [1.82, 2.24) is 4.90 Å². The molecule has 1 amide bonds. The van der Waals surface area contributed by atoms with E-state index >= 15 is 0 Å². The molecular weight excluding hydrogens is 408 g/mol. The van der Waals surface area contributed by atoms with Gasteiger partial charge in [0.1, 0.15) is 0 Å². The molecule has 164 valence electrons. The van der Waals surface area contributed by atoms with Crippen molar-refractivity contribution < 1.29 is 19.6 Å². The van der Waals surface area contributed by atoms with Crippen molar-refractivity contribution in [2.45, 2.75) is 25.3 Å². The third-order valence-corrected chi connectivity index (χ3v) is 5.19. The second-order valence-corrected chi connectivity index (χ2v) is 7.42. The van der Waals surface area contributed by atoms with Gasteiger partial charge in [-0.3, -0.25) is 19.7 Å². The molecule has 0 bridgehead atoms. The molecule has 0 fully saturated rings. The quantitative estimate of drug-likeness (QED) is 0.363. The van der Waals surface area contributed by atoms with Gasteiger partial charge in [0.25, 0.3) is 11.6 Å². The number of amides is 1.